The highest BCUT2D eigenvalue weighted by Crippen LogP contribution is 2.33. The Balaban J connectivity index is 0.000000243. The number of anilines is 3. The van der Waals surface area contributed by atoms with Crippen molar-refractivity contribution in [2.45, 2.75) is 0 Å². The maximum absolute atomic E-state index is 11.3. The minimum atomic E-state index is -1.24. The van der Waals surface area contributed by atoms with Crippen LogP contribution in [0.25, 0.3) is 0 Å². The number of ketones is 2. The first kappa shape index (κ1) is 37.3. The average Bonchev–Trinajstić information content (AvgIpc) is 3.41. The second-order valence-corrected chi connectivity index (χ2v) is 9.83. The standard InChI is InChI=1S/C9H7ClN2O4.2C9H4ClNO4.H2O/c10-7-3-5(12-8(13)4-11-16)1-2-6(7)9(14)15;10-5-2-6-4(1-3(5)9(14)15)7(12)8(13)11-6;10-6-3(9(14)15)1-2-4-5(6)7(12)8(13)11-4;/h1-4,16H,(H,12,13)(H,14,15);2*1-2H,(H,14,15)(H,11,12,13);1H2/b11-4+;;;. The summed E-state index contributed by atoms with van der Waals surface area (Å²) in [4.78, 5) is 87.5. The van der Waals surface area contributed by atoms with Crippen LogP contribution in [-0.2, 0) is 14.4 Å². The monoisotopic (exact) mass is 710 g/mol. The van der Waals surface area contributed by atoms with Crippen LogP contribution in [0.3, 0.4) is 0 Å². The number of amides is 3. The zero-order valence-corrected chi connectivity index (χ0v) is 25.0. The number of carboxylic acids is 3. The summed E-state index contributed by atoms with van der Waals surface area (Å²) in [6.07, 6.45) is 0.666. The number of rotatable bonds is 5. The van der Waals surface area contributed by atoms with E-state index >= 15 is 0 Å². The minimum absolute atomic E-state index is 0. The fourth-order valence-corrected chi connectivity index (χ4v) is 4.52. The molecule has 3 aromatic rings. The van der Waals surface area contributed by atoms with Crippen LogP contribution in [0, 0.1) is 0 Å². The number of carbonyl (C=O) groups is 8. The lowest BCUT2D eigenvalue weighted by Gasteiger charge is -2.04. The number of hydrogen-bond acceptors (Lipinski definition) is 10. The van der Waals surface area contributed by atoms with Crippen LogP contribution in [-0.4, -0.2) is 79.4 Å². The third kappa shape index (κ3) is 8.44. The Morgan fingerprint density at radius 3 is 1.79 bits per heavy atom. The summed E-state index contributed by atoms with van der Waals surface area (Å²) in [5.74, 6) is -7.41. The van der Waals surface area contributed by atoms with Crippen molar-refractivity contribution in [2.24, 2.45) is 5.16 Å². The molecule has 2 aliphatic heterocycles. The highest BCUT2D eigenvalue weighted by atomic mass is 35.5. The molecule has 0 fully saturated rings. The number of benzene rings is 3. The lowest BCUT2D eigenvalue weighted by atomic mass is 10.1. The van der Waals surface area contributed by atoms with E-state index in [1.54, 1.807) is 0 Å². The Bertz CT molecular complexity index is 1900. The normalized spacial score (nSPS) is 12.2. The van der Waals surface area contributed by atoms with Crippen molar-refractivity contribution >= 4 is 105 Å². The van der Waals surface area contributed by atoms with Crippen LogP contribution in [0.1, 0.15) is 51.8 Å². The molecule has 20 heteroatoms. The number of halogens is 3. The molecule has 0 aromatic heterocycles. The van der Waals surface area contributed by atoms with E-state index in [9.17, 15) is 38.4 Å². The third-order valence-corrected chi connectivity index (χ3v) is 6.75. The smallest absolute Gasteiger partial charge is 0.337 e. The van der Waals surface area contributed by atoms with E-state index in [0.717, 1.165) is 6.07 Å². The maximum atomic E-state index is 11.3. The molecule has 0 radical (unpaired) electrons. The summed E-state index contributed by atoms with van der Waals surface area (Å²) in [5.41, 5.74) is 0.333. The number of carbonyl (C=O) groups excluding carboxylic acids is 5. The predicted octanol–water partition coefficient (Wildman–Crippen LogP) is 2.96. The van der Waals surface area contributed by atoms with Gasteiger partial charge in [0.1, 0.15) is 6.21 Å². The average molecular weight is 712 g/mol. The number of oxime groups is 1. The molecular formula is C27H17Cl3N4O13. The van der Waals surface area contributed by atoms with E-state index in [1.807, 2.05) is 0 Å². The molecule has 0 atom stereocenters. The number of fused-ring (bicyclic) bond motifs is 2. The molecule has 5 rings (SSSR count). The van der Waals surface area contributed by atoms with Gasteiger partial charge in [-0.3, -0.25) is 24.0 Å². The molecule has 244 valence electrons. The van der Waals surface area contributed by atoms with Gasteiger partial charge in [-0.25, -0.2) is 14.4 Å². The Hall–Kier alpha value is -5.88. The number of nitrogens with one attached hydrogen (secondary N) is 3. The van der Waals surface area contributed by atoms with Crippen LogP contribution in [0.4, 0.5) is 17.1 Å². The molecular weight excluding hydrogens is 695 g/mol. The number of aromatic carboxylic acids is 3. The SMILES string of the molecule is O.O=C(/C=N/O)Nc1ccc(C(=O)O)c(Cl)c1.O=C1Nc2cc(Cl)c(C(=O)O)cc2C1=O.O=C1Nc2ccc(C(=O)O)c(Cl)c2C1=O. The second-order valence-electron chi connectivity index (χ2n) is 8.64. The zero-order chi connectivity index (χ0) is 34.5. The van der Waals surface area contributed by atoms with E-state index in [2.05, 4.69) is 21.1 Å². The highest BCUT2D eigenvalue weighted by Gasteiger charge is 2.32. The molecule has 17 nitrogen and oxygen atoms in total. The van der Waals surface area contributed by atoms with Crippen molar-refractivity contribution < 1.29 is 64.4 Å². The Labute approximate surface area is 275 Å². The van der Waals surface area contributed by atoms with Crippen molar-refractivity contribution in [1.29, 1.82) is 0 Å². The van der Waals surface area contributed by atoms with Crippen molar-refractivity contribution in [2.75, 3.05) is 16.0 Å². The largest absolute Gasteiger partial charge is 0.478 e. The molecule has 0 unspecified atom stereocenters. The van der Waals surface area contributed by atoms with Crippen LogP contribution in [0.2, 0.25) is 15.1 Å². The third-order valence-electron chi connectivity index (χ3n) is 5.73. The molecule has 0 bridgehead atoms. The topological polar surface area (TPSA) is 297 Å². The van der Waals surface area contributed by atoms with Crippen molar-refractivity contribution in [3.8, 4) is 0 Å². The molecule has 2 aliphatic rings. The lowest BCUT2D eigenvalue weighted by Crippen LogP contribution is -2.12. The quantitative estimate of drug-likeness (QED) is 0.0870. The summed E-state index contributed by atoms with van der Waals surface area (Å²) in [6, 6.07) is 8.85. The summed E-state index contributed by atoms with van der Waals surface area (Å²) in [6.45, 7) is 0. The van der Waals surface area contributed by atoms with Gasteiger partial charge in [-0.05, 0) is 42.5 Å². The first-order valence-electron chi connectivity index (χ1n) is 11.9. The first-order chi connectivity index (χ1) is 21.6. The summed E-state index contributed by atoms with van der Waals surface area (Å²) in [5, 5.41) is 43.5. The number of Topliss-reactive ketones (excluding diaryl/α,β-unsaturated/α-hetero) is 2. The number of hydrogen-bond donors (Lipinski definition) is 7. The van der Waals surface area contributed by atoms with Gasteiger partial charge < -0.3 is 42.0 Å². The van der Waals surface area contributed by atoms with Gasteiger partial charge in [0.25, 0.3) is 29.3 Å². The van der Waals surface area contributed by atoms with Gasteiger partial charge in [0.15, 0.2) is 0 Å². The van der Waals surface area contributed by atoms with Gasteiger partial charge in [-0.2, -0.15) is 0 Å². The molecule has 0 aliphatic carbocycles. The molecule has 0 saturated heterocycles. The molecule has 9 N–H and O–H groups in total. The van der Waals surface area contributed by atoms with E-state index < -0.39 is 47.2 Å². The first-order valence-corrected chi connectivity index (χ1v) is 13.1. The Morgan fingerprint density at radius 2 is 1.23 bits per heavy atom. The van der Waals surface area contributed by atoms with E-state index in [-0.39, 0.29) is 59.7 Å². The summed E-state index contributed by atoms with van der Waals surface area (Å²) in [7, 11) is 0. The highest BCUT2D eigenvalue weighted by molar-refractivity contribution is 6.55. The van der Waals surface area contributed by atoms with Crippen LogP contribution in [0.15, 0.2) is 47.6 Å². The Morgan fingerprint density at radius 1 is 0.702 bits per heavy atom. The van der Waals surface area contributed by atoms with Gasteiger partial charge in [0.05, 0.1) is 54.3 Å². The van der Waals surface area contributed by atoms with Crippen molar-refractivity contribution in [3.05, 3.63) is 85.3 Å². The van der Waals surface area contributed by atoms with Crippen molar-refractivity contribution in [1.82, 2.24) is 0 Å². The lowest BCUT2D eigenvalue weighted by molar-refractivity contribution is -0.112. The van der Waals surface area contributed by atoms with Crippen molar-refractivity contribution in [3.63, 3.8) is 0 Å². The van der Waals surface area contributed by atoms with Crippen LogP contribution < -0.4 is 16.0 Å². The molecule has 2 heterocycles. The fraction of sp³-hybridized carbons (Fsp3) is 0. The number of carboxylic acid groups (broad SMARTS) is 3. The van der Waals surface area contributed by atoms with E-state index in [4.69, 9.17) is 55.3 Å². The van der Waals surface area contributed by atoms with Crippen LogP contribution in [0.5, 0.6) is 0 Å². The van der Waals surface area contributed by atoms with Gasteiger partial charge >= 0.3 is 17.9 Å². The Kier molecular flexibility index (Phi) is 12.2. The second kappa shape index (κ2) is 15.4. The molecule has 47 heavy (non-hydrogen) atoms. The summed E-state index contributed by atoms with van der Waals surface area (Å²) >= 11 is 17.0. The van der Waals surface area contributed by atoms with E-state index in [1.165, 1.54) is 36.4 Å². The molecule has 0 spiro atoms. The van der Waals surface area contributed by atoms with E-state index in [0.29, 0.717) is 11.9 Å². The van der Waals surface area contributed by atoms with Gasteiger partial charge in [-0.1, -0.05) is 40.0 Å². The van der Waals surface area contributed by atoms with Crippen LogP contribution >= 0.6 is 34.8 Å². The predicted molar refractivity (Wildman–Crippen MR) is 164 cm³/mol. The zero-order valence-electron chi connectivity index (χ0n) is 22.8. The molecule has 0 saturated carbocycles. The molecule has 3 amide bonds. The number of nitrogens with zero attached hydrogens (tertiary/aromatic N) is 1. The minimum Gasteiger partial charge on any atom is -0.478 e. The fourth-order valence-electron chi connectivity index (χ4n) is 3.68. The van der Waals surface area contributed by atoms with Gasteiger partial charge in [0.2, 0.25) is 0 Å². The summed E-state index contributed by atoms with van der Waals surface area (Å²) < 4.78 is 0. The maximum Gasteiger partial charge on any atom is 0.337 e. The molecule has 3 aromatic carbocycles. The van der Waals surface area contributed by atoms with Gasteiger partial charge in [-0.15, -0.1) is 0 Å². The van der Waals surface area contributed by atoms with Gasteiger partial charge in [0, 0.05) is 5.69 Å².